The minimum absolute atomic E-state index is 0.391. The molecular weight excluding hydrogens is 274 g/mol. The quantitative estimate of drug-likeness (QED) is 0.779. The molecule has 0 spiro atoms. The average molecular weight is 295 g/mol. The molecule has 110 valence electrons. The second kappa shape index (κ2) is 6.47. The third-order valence-corrected chi connectivity index (χ3v) is 5.12. The van der Waals surface area contributed by atoms with Crippen LogP contribution in [0.2, 0.25) is 0 Å². The zero-order valence-corrected chi connectivity index (χ0v) is 12.5. The van der Waals surface area contributed by atoms with E-state index in [2.05, 4.69) is 10.2 Å². The van der Waals surface area contributed by atoms with Crippen LogP contribution < -0.4 is 11.1 Å². The topological polar surface area (TPSA) is 75.4 Å². The molecular formula is C14H21N3O2S. The Balaban J connectivity index is 2.24. The largest absolute Gasteiger partial charge is 0.368 e. The van der Waals surface area contributed by atoms with Crippen LogP contribution in [0.15, 0.2) is 30.3 Å². The first kappa shape index (κ1) is 15.2. The van der Waals surface area contributed by atoms with Gasteiger partial charge in [0.2, 0.25) is 5.91 Å². The lowest BCUT2D eigenvalue weighted by Gasteiger charge is -2.37. The number of carbonyl (C=O) groups is 1. The summed E-state index contributed by atoms with van der Waals surface area (Å²) in [6, 6.07) is 9.52. The fourth-order valence-electron chi connectivity index (χ4n) is 2.55. The number of nitrogens with two attached hydrogens (primary N) is 1. The maximum Gasteiger partial charge on any atom is 0.243 e. The van der Waals surface area contributed by atoms with Gasteiger partial charge in [-0.1, -0.05) is 30.3 Å². The van der Waals surface area contributed by atoms with E-state index in [1.54, 1.807) is 7.05 Å². The van der Waals surface area contributed by atoms with Crippen molar-refractivity contribution < 1.29 is 9.00 Å². The molecule has 0 saturated carbocycles. The Labute approximate surface area is 122 Å². The Hall–Kier alpha value is -1.24. The Kier molecular flexibility index (Phi) is 4.91. The molecule has 1 amide bonds. The van der Waals surface area contributed by atoms with Crippen LogP contribution in [0, 0.1) is 0 Å². The molecule has 1 aliphatic rings. The molecule has 1 fully saturated rings. The predicted molar refractivity (Wildman–Crippen MR) is 80.7 cm³/mol. The maximum atomic E-state index is 12.1. The van der Waals surface area contributed by atoms with Gasteiger partial charge in [-0.25, -0.2) is 0 Å². The highest BCUT2D eigenvalue weighted by atomic mass is 32.2. The van der Waals surface area contributed by atoms with Crippen LogP contribution >= 0.6 is 0 Å². The van der Waals surface area contributed by atoms with Crippen molar-refractivity contribution >= 4 is 16.7 Å². The molecule has 6 heteroatoms. The summed E-state index contributed by atoms with van der Waals surface area (Å²) in [5.74, 6) is 0.929. The number of nitrogens with zero attached hydrogens (tertiary/aromatic N) is 1. The van der Waals surface area contributed by atoms with Crippen molar-refractivity contribution in [2.45, 2.75) is 5.54 Å². The third-order valence-electron chi connectivity index (χ3n) is 3.85. The highest BCUT2D eigenvalue weighted by molar-refractivity contribution is 7.85. The monoisotopic (exact) mass is 295 g/mol. The molecule has 1 aromatic carbocycles. The number of carbonyl (C=O) groups excluding carboxylic acids is 1. The molecule has 1 saturated heterocycles. The molecule has 1 unspecified atom stereocenters. The van der Waals surface area contributed by atoms with Gasteiger partial charge in [0, 0.05) is 41.9 Å². The molecule has 0 aliphatic carbocycles. The number of nitrogens with one attached hydrogen (secondary N) is 1. The van der Waals surface area contributed by atoms with E-state index in [1.807, 2.05) is 30.3 Å². The normalized spacial score (nSPS) is 20.4. The molecule has 0 bridgehead atoms. The van der Waals surface area contributed by atoms with E-state index >= 15 is 0 Å². The number of amides is 1. The zero-order chi connectivity index (χ0) is 14.6. The maximum absolute atomic E-state index is 12.1. The van der Waals surface area contributed by atoms with Crippen LogP contribution in [0.3, 0.4) is 0 Å². The Morgan fingerprint density at radius 2 is 1.95 bits per heavy atom. The molecule has 3 N–H and O–H groups in total. The van der Waals surface area contributed by atoms with Crippen molar-refractivity contribution in [1.82, 2.24) is 10.2 Å². The van der Waals surface area contributed by atoms with Gasteiger partial charge in [-0.3, -0.25) is 13.9 Å². The van der Waals surface area contributed by atoms with Gasteiger partial charge in [0.05, 0.1) is 0 Å². The van der Waals surface area contributed by atoms with Gasteiger partial charge in [0.15, 0.2) is 0 Å². The standard InChI is InChI=1S/C14H21N3O2S/c1-16-14(13(15)18,12-5-3-2-4-6-12)11-17-7-9-20(19)10-8-17/h2-6,16H,7-11H2,1H3,(H2,15,18). The van der Waals surface area contributed by atoms with Gasteiger partial charge in [-0.15, -0.1) is 0 Å². The van der Waals surface area contributed by atoms with Crippen molar-refractivity contribution in [3.63, 3.8) is 0 Å². The van der Waals surface area contributed by atoms with Crippen LogP contribution in [0.4, 0.5) is 0 Å². The molecule has 20 heavy (non-hydrogen) atoms. The number of rotatable bonds is 5. The summed E-state index contributed by atoms with van der Waals surface area (Å²) >= 11 is 0. The summed E-state index contributed by atoms with van der Waals surface area (Å²) in [6.07, 6.45) is 0. The van der Waals surface area contributed by atoms with E-state index < -0.39 is 22.2 Å². The summed E-state index contributed by atoms with van der Waals surface area (Å²) in [7, 11) is 1.03. The Morgan fingerprint density at radius 1 is 1.35 bits per heavy atom. The number of hydrogen-bond acceptors (Lipinski definition) is 4. The fraction of sp³-hybridized carbons (Fsp3) is 0.500. The lowest BCUT2D eigenvalue weighted by atomic mass is 9.88. The van der Waals surface area contributed by atoms with Gasteiger partial charge in [0.1, 0.15) is 5.54 Å². The van der Waals surface area contributed by atoms with Crippen LogP contribution in [0.1, 0.15) is 5.56 Å². The number of hydrogen-bond donors (Lipinski definition) is 2. The van der Waals surface area contributed by atoms with E-state index in [4.69, 9.17) is 5.73 Å². The highest BCUT2D eigenvalue weighted by Gasteiger charge is 2.39. The van der Waals surface area contributed by atoms with Crippen molar-refractivity contribution in [3.8, 4) is 0 Å². The lowest BCUT2D eigenvalue weighted by Crippen LogP contribution is -2.59. The molecule has 1 aliphatic heterocycles. The van der Waals surface area contributed by atoms with Gasteiger partial charge in [-0.05, 0) is 12.6 Å². The van der Waals surface area contributed by atoms with Crippen LogP contribution in [0.25, 0.3) is 0 Å². The van der Waals surface area contributed by atoms with Crippen molar-refractivity contribution in [2.24, 2.45) is 5.73 Å². The SMILES string of the molecule is CNC(CN1CCS(=O)CC1)(C(N)=O)c1ccccc1. The zero-order valence-electron chi connectivity index (χ0n) is 11.7. The van der Waals surface area contributed by atoms with E-state index in [0.29, 0.717) is 18.1 Å². The molecule has 1 aromatic rings. The number of primary amides is 1. The highest BCUT2D eigenvalue weighted by Crippen LogP contribution is 2.22. The first-order chi connectivity index (χ1) is 9.58. The second-order valence-corrected chi connectivity index (χ2v) is 6.71. The minimum atomic E-state index is -0.903. The van der Waals surface area contributed by atoms with Crippen molar-refractivity contribution in [1.29, 1.82) is 0 Å². The van der Waals surface area contributed by atoms with E-state index in [1.165, 1.54) is 0 Å². The first-order valence-electron chi connectivity index (χ1n) is 6.70. The smallest absolute Gasteiger partial charge is 0.243 e. The van der Waals surface area contributed by atoms with Gasteiger partial charge < -0.3 is 11.1 Å². The summed E-state index contributed by atoms with van der Waals surface area (Å²) in [5.41, 5.74) is 5.63. The third kappa shape index (κ3) is 3.08. The molecule has 1 heterocycles. The van der Waals surface area contributed by atoms with Gasteiger partial charge in [-0.2, -0.15) is 0 Å². The summed E-state index contributed by atoms with van der Waals surface area (Å²) in [5, 5.41) is 3.10. The van der Waals surface area contributed by atoms with E-state index in [0.717, 1.165) is 18.7 Å². The summed E-state index contributed by atoms with van der Waals surface area (Å²) < 4.78 is 11.4. The van der Waals surface area contributed by atoms with Crippen LogP contribution in [-0.4, -0.2) is 53.2 Å². The van der Waals surface area contributed by atoms with Crippen LogP contribution in [-0.2, 0) is 21.1 Å². The van der Waals surface area contributed by atoms with Crippen molar-refractivity contribution in [2.75, 3.05) is 38.2 Å². The minimum Gasteiger partial charge on any atom is -0.368 e. The Morgan fingerprint density at radius 3 is 2.45 bits per heavy atom. The number of likely N-dealkylation sites (N-methyl/N-ethyl adjacent to an activating group) is 1. The first-order valence-corrected chi connectivity index (χ1v) is 8.19. The fourth-order valence-corrected chi connectivity index (χ4v) is 3.68. The molecule has 0 aromatic heterocycles. The van der Waals surface area contributed by atoms with E-state index in [-0.39, 0.29) is 0 Å². The number of benzene rings is 1. The van der Waals surface area contributed by atoms with Gasteiger partial charge >= 0.3 is 0 Å². The predicted octanol–water partition coefficient (Wildman–Crippen LogP) is -0.349. The second-order valence-electron chi connectivity index (χ2n) is 5.01. The molecule has 5 nitrogen and oxygen atoms in total. The summed E-state index contributed by atoms with van der Waals surface area (Å²) in [4.78, 5) is 14.2. The molecule has 1 atom stereocenters. The molecule has 0 radical (unpaired) electrons. The average Bonchev–Trinajstić information content (AvgIpc) is 2.47. The Bertz CT molecular complexity index is 484. The summed E-state index contributed by atoms with van der Waals surface area (Å²) in [6.45, 7) is 1.96. The van der Waals surface area contributed by atoms with Crippen molar-refractivity contribution in [3.05, 3.63) is 35.9 Å². The van der Waals surface area contributed by atoms with Crippen LogP contribution in [0.5, 0.6) is 0 Å². The molecule has 2 rings (SSSR count). The van der Waals surface area contributed by atoms with E-state index in [9.17, 15) is 9.00 Å². The lowest BCUT2D eigenvalue weighted by molar-refractivity contribution is -0.125. The van der Waals surface area contributed by atoms with Gasteiger partial charge in [0.25, 0.3) is 0 Å².